The maximum Gasteiger partial charge on any atom is 0.161 e. The molecule has 0 amide bonds. The third kappa shape index (κ3) is 1.49. The number of rotatable bonds is 0. The van der Waals surface area contributed by atoms with E-state index >= 15 is 0 Å². The Kier molecular flexibility index (Phi) is 1.93. The fourth-order valence-corrected chi connectivity index (χ4v) is 1.55. The van der Waals surface area contributed by atoms with E-state index in [4.69, 9.17) is 11.6 Å². The minimum Gasteiger partial charge on any atom is -0.233 e. The topological polar surface area (TPSA) is 25.8 Å². The summed E-state index contributed by atoms with van der Waals surface area (Å²) in [6.45, 7) is 4.00. The molecule has 2 aromatic rings. The molecule has 0 atom stereocenters. The molecule has 0 saturated carbocycles. The van der Waals surface area contributed by atoms with Gasteiger partial charge in [-0.15, -0.1) is 0 Å². The average Bonchev–Trinajstić information content (AvgIpc) is 2.02. The van der Waals surface area contributed by atoms with Crippen LogP contribution in [0.1, 0.15) is 11.3 Å². The van der Waals surface area contributed by atoms with Crippen molar-refractivity contribution in [3.8, 4) is 0 Å². The number of hydrogen-bond acceptors (Lipinski definition) is 2. The highest BCUT2D eigenvalue weighted by Crippen LogP contribution is 2.17. The van der Waals surface area contributed by atoms with E-state index in [1.165, 1.54) is 5.56 Å². The van der Waals surface area contributed by atoms with Crippen molar-refractivity contribution in [2.75, 3.05) is 0 Å². The van der Waals surface area contributed by atoms with Crippen molar-refractivity contribution in [2.45, 2.75) is 13.8 Å². The number of fused-ring (bicyclic) bond motifs is 1. The van der Waals surface area contributed by atoms with Gasteiger partial charge in [0.25, 0.3) is 0 Å². The molecule has 0 saturated heterocycles. The van der Waals surface area contributed by atoms with Crippen LogP contribution >= 0.6 is 11.6 Å². The highest BCUT2D eigenvalue weighted by atomic mass is 35.5. The summed E-state index contributed by atoms with van der Waals surface area (Å²) in [7, 11) is 0. The smallest absolute Gasteiger partial charge is 0.161 e. The first-order valence-electron chi connectivity index (χ1n) is 4.07. The Morgan fingerprint density at radius 3 is 2.69 bits per heavy atom. The molecule has 0 spiro atoms. The lowest BCUT2D eigenvalue weighted by Crippen LogP contribution is -1.90. The van der Waals surface area contributed by atoms with Gasteiger partial charge >= 0.3 is 0 Å². The monoisotopic (exact) mass is 192 g/mol. The van der Waals surface area contributed by atoms with Crippen LogP contribution in [0.15, 0.2) is 18.2 Å². The Labute approximate surface area is 81.6 Å². The van der Waals surface area contributed by atoms with Crippen molar-refractivity contribution in [3.63, 3.8) is 0 Å². The van der Waals surface area contributed by atoms with Gasteiger partial charge in [0.05, 0.1) is 0 Å². The summed E-state index contributed by atoms with van der Waals surface area (Å²) in [5.74, 6) is 0. The lowest BCUT2D eigenvalue weighted by atomic mass is 10.1. The van der Waals surface area contributed by atoms with E-state index in [2.05, 4.69) is 9.97 Å². The first-order chi connectivity index (χ1) is 6.16. The Hall–Kier alpha value is -1.15. The quantitative estimate of drug-likeness (QED) is 0.600. The Balaban J connectivity index is 2.86. The molecule has 0 aliphatic heterocycles. The third-order valence-electron chi connectivity index (χ3n) is 1.97. The number of hydrogen-bond donors (Lipinski definition) is 0. The van der Waals surface area contributed by atoms with Gasteiger partial charge in [0.15, 0.2) is 5.65 Å². The van der Waals surface area contributed by atoms with Gasteiger partial charge in [0.1, 0.15) is 5.15 Å². The minimum absolute atomic E-state index is 0.491. The molecule has 2 aromatic heterocycles. The van der Waals surface area contributed by atoms with Crippen molar-refractivity contribution in [3.05, 3.63) is 34.6 Å². The molecule has 2 nitrogen and oxygen atoms in total. The normalized spacial score (nSPS) is 10.7. The Morgan fingerprint density at radius 1 is 1.15 bits per heavy atom. The molecule has 66 valence electrons. The predicted molar refractivity (Wildman–Crippen MR) is 54.0 cm³/mol. The molecule has 0 aliphatic carbocycles. The molecular weight excluding hydrogens is 184 g/mol. The van der Waals surface area contributed by atoms with Gasteiger partial charge < -0.3 is 0 Å². The molecule has 2 rings (SSSR count). The van der Waals surface area contributed by atoms with Gasteiger partial charge in [-0.3, -0.25) is 0 Å². The molecule has 13 heavy (non-hydrogen) atoms. The highest BCUT2D eigenvalue weighted by molar-refractivity contribution is 6.29. The van der Waals surface area contributed by atoms with E-state index in [1.54, 1.807) is 6.07 Å². The molecule has 0 radical (unpaired) electrons. The van der Waals surface area contributed by atoms with Crippen molar-refractivity contribution >= 4 is 22.6 Å². The van der Waals surface area contributed by atoms with Crippen LogP contribution in [-0.4, -0.2) is 9.97 Å². The van der Waals surface area contributed by atoms with E-state index in [0.29, 0.717) is 5.15 Å². The molecule has 2 heterocycles. The number of halogens is 1. The highest BCUT2D eigenvalue weighted by Gasteiger charge is 2.01. The predicted octanol–water partition coefficient (Wildman–Crippen LogP) is 2.90. The third-order valence-corrected chi connectivity index (χ3v) is 2.18. The maximum atomic E-state index is 5.77. The molecule has 0 fully saturated rings. The lowest BCUT2D eigenvalue weighted by Gasteiger charge is -2.02. The summed E-state index contributed by atoms with van der Waals surface area (Å²) < 4.78 is 0. The standard InChI is InChI=1S/C10H9ClN2/c1-6-5-7(2)12-10-8(6)3-4-9(11)13-10/h3-5H,1-2H3. The largest absolute Gasteiger partial charge is 0.233 e. The maximum absolute atomic E-state index is 5.77. The van der Waals surface area contributed by atoms with Crippen molar-refractivity contribution in [2.24, 2.45) is 0 Å². The van der Waals surface area contributed by atoms with E-state index in [1.807, 2.05) is 26.0 Å². The molecular formula is C10H9ClN2. The van der Waals surface area contributed by atoms with Crippen molar-refractivity contribution < 1.29 is 0 Å². The second-order valence-corrected chi connectivity index (χ2v) is 3.47. The van der Waals surface area contributed by atoms with Crippen LogP contribution in [-0.2, 0) is 0 Å². The zero-order valence-corrected chi connectivity index (χ0v) is 8.26. The number of pyridine rings is 2. The Bertz CT molecular complexity index is 460. The number of aromatic nitrogens is 2. The fraction of sp³-hybridized carbons (Fsp3) is 0.200. The summed E-state index contributed by atoms with van der Waals surface area (Å²) in [6.07, 6.45) is 0. The van der Waals surface area contributed by atoms with Gasteiger partial charge in [0.2, 0.25) is 0 Å². The zero-order chi connectivity index (χ0) is 9.42. The summed E-state index contributed by atoms with van der Waals surface area (Å²) in [6, 6.07) is 5.78. The molecule has 3 heteroatoms. The van der Waals surface area contributed by atoms with E-state index in [9.17, 15) is 0 Å². The SMILES string of the molecule is Cc1cc(C)c2ccc(Cl)nc2n1. The second-order valence-electron chi connectivity index (χ2n) is 3.09. The van der Waals surface area contributed by atoms with Crippen LogP contribution in [0.4, 0.5) is 0 Å². The second kappa shape index (κ2) is 2.96. The summed E-state index contributed by atoms with van der Waals surface area (Å²) in [5, 5.41) is 1.56. The molecule has 0 N–H and O–H groups in total. The van der Waals surface area contributed by atoms with Crippen LogP contribution in [0.3, 0.4) is 0 Å². The van der Waals surface area contributed by atoms with Crippen molar-refractivity contribution in [1.82, 2.24) is 9.97 Å². The first-order valence-corrected chi connectivity index (χ1v) is 4.45. The summed E-state index contributed by atoms with van der Waals surface area (Å²) >= 11 is 5.77. The van der Waals surface area contributed by atoms with Gasteiger partial charge in [0, 0.05) is 11.1 Å². The van der Waals surface area contributed by atoms with E-state index < -0.39 is 0 Å². The number of nitrogens with zero attached hydrogens (tertiary/aromatic N) is 2. The average molecular weight is 193 g/mol. The fourth-order valence-electron chi connectivity index (χ4n) is 1.41. The molecule has 0 unspecified atom stereocenters. The van der Waals surface area contributed by atoms with Crippen LogP contribution in [0.25, 0.3) is 11.0 Å². The Morgan fingerprint density at radius 2 is 1.92 bits per heavy atom. The lowest BCUT2D eigenvalue weighted by molar-refractivity contribution is 1.19. The summed E-state index contributed by atoms with van der Waals surface area (Å²) in [4.78, 5) is 8.45. The molecule has 0 bridgehead atoms. The first kappa shape index (κ1) is 8.45. The zero-order valence-electron chi connectivity index (χ0n) is 7.50. The van der Waals surface area contributed by atoms with Crippen molar-refractivity contribution in [1.29, 1.82) is 0 Å². The van der Waals surface area contributed by atoms with Crippen LogP contribution in [0.2, 0.25) is 5.15 Å². The summed E-state index contributed by atoms with van der Waals surface area (Å²) in [5.41, 5.74) is 2.89. The van der Waals surface area contributed by atoms with Crippen LogP contribution in [0.5, 0.6) is 0 Å². The van der Waals surface area contributed by atoms with Gasteiger partial charge in [-0.05, 0) is 37.6 Å². The minimum atomic E-state index is 0.491. The van der Waals surface area contributed by atoms with E-state index in [0.717, 1.165) is 16.7 Å². The van der Waals surface area contributed by atoms with Crippen LogP contribution < -0.4 is 0 Å². The van der Waals surface area contributed by atoms with E-state index in [-0.39, 0.29) is 0 Å². The van der Waals surface area contributed by atoms with Gasteiger partial charge in [-0.25, -0.2) is 9.97 Å². The van der Waals surface area contributed by atoms with Gasteiger partial charge in [-0.1, -0.05) is 11.6 Å². The molecule has 0 aliphatic rings. The molecule has 0 aromatic carbocycles. The van der Waals surface area contributed by atoms with Crippen LogP contribution in [0, 0.1) is 13.8 Å². The number of aryl methyl sites for hydroxylation is 2. The van der Waals surface area contributed by atoms with Gasteiger partial charge in [-0.2, -0.15) is 0 Å².